The molecule has 1 saturated heterocycles. The van der Waals surface area contributed by atoms with Gasteiger partial charge in [0.1, 0.15) is 12.4 Å². The van der Waals surface area contributed by atoms with Crippen molar-refractivity contribution in [1.29, 1.82) is 0 Å². The van der Waals surface area contributed by atoms with Crippen molar-refractivity contribution in [3.05, 3.63) is 46.8 Å². The van der Waals surface area contributed by atoms with Crippen molar-refractivity contribution < 1.29 is 39.9 Å². The lowest BCUT2D eigenvalue weighted by Gasteiger charge is -2.39. The van der Waals surface area contributed by atoms with Crippen molar-refractivity contribution in [2.24, 2.45) is 5.14 Å². The zero-order chi connectivity index (χ0) is 33.8. The number of hydrogen-bond donors (Lipinski definition) is 4. The number of fused-ring (bicyclic) bond motifs is 1. The van der Waals surface area contributed by atoms with Crippen molar-refractivity contribution in [3.8, 4) is 17.6 Å². The van der Waals surface area contributed by atoms with E-state index < -0.39 is 32.5 Å². The van der Waals surface area contributed by atoms with Crippen LogP contribution in [0.5, 0.6) is 5.75 Å². The first-order valence-corrected chi connectivity index (χ1v) is 19.4. The number of ether oxygens (including phenoxy) is 1. The Balaban J connectivity index is 1.31. The van der Waals surface area contributed by atoms with E-state index in [0.717, 1.165) is 31.4 Å². The third-order valence-corrected chi connectivity index (χ3v) is 12.1. The van der Waals surface area contributed by atoms with Crippen LogP contribution in [0.25, 0.3) is 10.1 Å². The average molecular weight is 715 g/mol. The molecule has 5 rings (SSSR count). The van der Waals surface area contributed by atoms with E-state index in [1.165, 1.54) is 29.5 Å². The molecule has 0 spiro atoms. The fourth-order valence-electron chi connectivity index (χ4n) is 6.02. The Hall–Kier alpha value is -3.07. The summed E-state index contributed by atoms with van der Waals surface area (Å²) in [5.74, 6) is 6.30. The van der Waals surface area contributed by atoms with Gasteiger partial charge >= 0.3 is 6.18 Å². The summed E-state index contributed by atoms with van der Waals surface area (Å²) in [5, 5.41) is 21.4. The maximum atomic E-state index is 13.7. The molecule has 1 aliphatic carbocycles. The van der Waals surface area contributed by atoms with Crippen molar-refractivity contribution in [1.82, 2.24) is 4.90 Å². The van der Waals surface area contributed by atoms with Crippen LogP contribution >= 0.6 is 11.3 Å². The predicted octanol–water partition coefficient (Wildman–Crippen LogP) is 3.94. The van der Waals surface area contributed by atoms with Gasteiger partial charge in [0.2, 0.25) is 10.0 Å². The van der Waals surface area contributed by atoms with Crippen molar-refractivity contribution in [2.75, 3.05) is 55.0 Å². The Morgan fingerprint density at radius 1 is 1.09 bits per heavy atom. The van der Waals surface area contributed by atoms with Crippen LogP contribution in [0.2, 0.25) is 0 Å². The number of nitrogens with one attached hydrogen (secondary N) is 2. The lowest BCUT2D eigenvalue weighted by Crippen LogP contribution is -2.48. The second-order valence-corrected chi connectivity index (χ2v) is 16.5. The van der Waals surface area contributed by atoms with E-state index in [4.69, 9.17) is 15.0 Å². The largest absolute Gasteiger partial charge is 0.489 e. The van der Waals surface area contributed by atoms with E-state index in [1.807, 2.05) is 6.07 Å². The number of benzene rings is 2. The number of sulfone groups is 1. The summed E-state index contributed by atoms with van der Waals surface area (Å²) in [6.45, 7) is 0.730. The van der Waals surface area contributed by atoms with Gasteiger partial charge in [-0.2, -0.15) is 13.2 Å². The molecule has 3 aromatic rings. The van der Waals surface area contributed by atoms with Gasteiger partial charge in [-0.05, 0) is 54.8 Å². The molecule has 0 radical (unpaired) electrons. The molecule has 1 saturated carbocycles. The summed E-state index contributed by atoms with van der Waals surface area (Å²) in [6, 6.07) is 9.70. The molecule has 0 bridgehead atoms. The Labute approximate surface area is 276 Å². The highest BCUT2D eigenvalue weighted by Crippen LogP contribution is 2.40. The van der Waals surface area contributed by atoms with Crippen LogP contribution in [0, 0.1) is 11.8 Å². The lowest BCUT2D eigenvalue weighted by atomic mass is 9.90. The number of thiophene rings is 1. The summed E-state index contributed by atoms with van der Waals surface area (Å²) in [5.41, 5.74) is 1.25. The molecule has 47 heavy (non-hydrogen) atoms. The molecule has 0 unspecified atom stereocenters. The molecule has 2 aliphatic rings. The molecule has 2 fully saturated rings. The molecule has 5 N–H and O–H groups in total. The molecular formula is C31H37F3N4O6S3. The number of hydrogen-bond acceptors (Lipinski definition) is 10. The number of rotatable bonds is 10. The summed E-state index contributed by atoms with van der Waals surface area (Å²) < 4.78 is 94.4. The second kappa shape index (κ2) is 14.6. The Morgan fingerprint density at radius 2 is 1.81 bits per heavy atom. The first-order valence-electron chi connectivity index (χ1n) is 15.2. The summed E-state index contributed by atoms with van der Waals surface area (Å²) in [6.07, 6.45) is -2.00. The Morgan fingerprint density at radius 3 is 2.47 bits per heavy atom. The van der Waals surface area contributed by atoms with E-state index in [1.54, 1.807) is 12.1 Å². The molecule has 0 atom stereocenters. The van der Waals surface area contributed by atoms with Crippen molar-refractivity contribution >= 4 is 52.7 Å². The van der Waals surface area contributed by atoms with Gasteiger partial charge in [-0.25, -0.2) is 22.0 Å². The van der Waals surface area contributed by atoms with Gasteiger partial charge in [-0.3, -0.25) is 4.90 Å². The zero-order valence-corrected chi connectivity index (χ0v) is 27.9. The van der Waals surface area contributed by atoms with Crippen LogP contribution in [-0.4, -0.2) is 89.5 Å². The van der Waals surface area contributed by atoms with E-state index in [0.29, 0.717) is 39.8 Å². The van der Waals surface area contributed by atoms with Gasteiger partial charge in [0.15, 0.2) is 9.84 Å². The van der Waals surface area contributed by atoms with E-state index in [-0.39, 0.29) is 53.5 Å². The van der Waals surface area contributed by atoms with E-state index in [2.05, 4.69) is 27.4 Å². The maximum absolute atomic E-state index is 13.7. The number of anilines is 2. The number of aliphatic hydroxyl groups excluding tert-OH is 1. The number of sulfonamides is 1. The fraction of sp³-hybridized carbons (Fsp3) is 0.484. The number of nitrogens with zero attached hydrogens (tertiary/aromatic N) is 1. The minimum absolute atomic E-state index is 0.0151. The van der Waals surface area contributed by atoms with Crippen molar-refractivity contribution in [3.63, 3.8) is 0 Å². The molecule has 16 heteroatoms. The van der Waals surface area contributed by atoms with Crippen LogP contribution in [0.15, 0.2) is 41.3 Å². The highest BCUT2D eigenvalue weighted by Gasteiger charge is 2.32. The van der Waals surface area contributed by atoms with Crippen LogP contribution in [-0.2, 0) is 26.3 Å². The topological polar surface area (TPSA) is 151 Å². The summed E-state index contributed by atoms with van der Waals surface area (Å²) in [7, 11) is -6.94. The molecular weight excluding hydrogens is 678 g/mol. The normalized spacial score (nSPS) is 20.4. The van der Waals surface area contributed by atoms with Crippen LogP contribution in [0.3, 0.4) is 0 Å². The molecule has 256 valence electrons. The number of nitrogens with two attached hydrogens (primary N) is 1. The number of primary sulfonamides is 1. The van der Waals surface area contributed by atoms with Gasteiger partial charge < -0.3 is 20.5 Å². The number of aliphatic hydroxyl groups is 1. The van der Waals surface area contributed by atoms with Crippen LogP contribution in [0.1, 0.15) is 36.1 Å². The van der Waals surface area contributed by atoms with Gasteiger partial charge in [0.25, 0.3) is 0 Å². The smallest absolute Gasteiger partial charge is 0.393 e. The molecule has 10 nitrogen and oxygen atoms in total. The monoisotopic (exact) mass is 714 g/mol. The second-order valence-electron chi connectivity index (χ2n) is 11.7. The van der Waals surface area contributed by atoms with E-state index >= 15 is 0 Å². The first-order chi connectivity index (χ1) is 22.2. The maximum Gasteiger partial charge on any atom is 0.393 e. The molecule has 1 aliphatic heterocycles. The van der Waals surface area contributed by atoms with Gasteiger partial charge in [-0.1, -0.05) is 24.0 Å². The quantitative estimate of drug-likeness (QED) is 0.229. The number of alkyl halides is 3. The SMILES string of the molecule is NS(=O)(=O)c1ccc(NCC#Cc2sc3c(NC4CCC(N5CCS(=O)(=O)CC5)CC4)cccc3c2CC(F)(F)F)c(OCCO)c1. The molecule has 0 amide bonds. The van der Waals surface area contributed by atoms with E-state index in [9.17, 15) is 30.0 Å². The molecule has 2 aromatic carbocycles. The Bertz CT molecular complexity index is 1850. The minimum Gasteiger partial charge on any atom is -0.489 e. The summed E-state index contributed by atoms with van der Waals surface area (Å²) >= 11 is 1.21. The highest BCUT2D eigenvalue weighted by molar-refractivity contribution is 7.91. The standard InChI is InChI=1S/C31H37F3N4O6S3/c32-31(33,34)20-25-24-3-1-4-27(37-21-6-8-22(9-7-21)38-13-17-46(40,41)18-14-38)30(24)45-29(25)5-2-12-36-26-11-10-23(47(35,42)43)19-28(26)44-16-15-39/h1,3-4,10-11,19,21-22,36-37,39H,6-9,12-18,20H2,(H2,35,42,43). The summed E-state index contributed by atoms with van der Waals surface area (Å²) in [4.78, 5) is 2.39. The third kappa shape index (κ3) is 9.30. The minimum atomic E-state index is -4.44. The predicted molar refractivity (Wildman–Crippen MR) is 177 cm³/mol. The number of halogens is 3. The first kappa shape index (κ1) is 35.2. The highest BCUT2D eigenvalue weighted by atomic mass is 32.2. The van der Waals surface area contributed by atoms with Crippen LogP contribution in [0.4, 0.5) is 24.5 Å². The average Bonchev–Trinajstić information content (AvgIpc) is 3.35. The molecule has 1 aromatic heterocycles. The lowest BCUT2D eigenvalue weighted by molar-refractivity contribution is -0.126. The molecule has 2 heterocycles. The van der Waals surface area contributed by atoms with Gasteiger partial charge in [0, 0.05) is 31.2 Å². The van der Waals surface area contributed by atoms with Crippen molar-refractivity contribution in [2.45, 2.75) is 55.3 Å². The third-order valence-electron chi connectivity index (χ3n) is 8.35. The fourth-order valence-corrected chi connectivity index (χ4v) is 8.95. The van der Waals surface area contributed by atoms with Crippen LogP contribution < -0.4 is 20.5 Å². The van der Waals surface area contributed by atoms with Gasteiger partial charge in [0.05, 0.1) is 56.9 Å². The Kier molecular flexibility index (Phi) is 10.9. The zero-order valence-electron chi connectivity index (χ0n) is 25.5. The van der Waals surface area contributed by atoms with Gasteiger partial charge in [-0.15, -0.1) is 11.3 Å².